The number of fused-ring (bicyclic) bond motifs is 1. The van der Waals surface area contributed by atoms with Gasteiger partial charge in [-0.05, 0) is 30.8 Å². The number of aromatic nitrogens is 3. The van der Waals surface area contributed by atoms with Gasteiger partial charge in [0.1, 0.15) is 17.8 Å². The van der Waals surface area contributed by atoms with Gasteiger partial charge >= 0.3 is 0 Å². The first-order chi connectivity index (χ1) is 9.29. The van der Waals surface area contributed by atoms with E-state index in [1.54, 1.807) is 0 Å². The average Bonchev–Trinajstić information content (AvgIpc) is 2.85. The topological polar surface area (TPSA) is 68.8 Å². The molecular formula is C14H15N5. The molecule has 0 aliphatic rings. The Labute approximate surface area is 111 Å². The Kier molecular flexibility index (Phi) is 2.89. The molecule has 96 valence electrons. The first-order valence-electron chi connectivity index (χ1n) is 6.11. The van der Waals surface area contributed by atoms with Crippen LogP contribution in [0.1, 0.15) is 5.56 Å². The van der Waals surface area contributed by atoms with Crippen molar-refractivity contribution in [1.29, 1.82) is 0 Å². The normalized spacial score (nSPS) is 11.0. The van der Waals surface area contributed by atoms with E-state index in [2.05, 4.69) is 39.6 Å². The molecule has 0 aliphatic carbocycles. The summed E-state index contributed by atoms with van der Waals surface area (Å²) >= 11 is 0. The van der Waals surface area contributed by atoms with E-state index in [4.69, 9.17) is 5.73 Å². The minimum Gasteiger partial charge on any atom is -0.383 e. The fourth-order valence-corrected chi connectivity index (χ4v) is 2.16. The predicted octanol–water partition coefficient (Wildman–Crippen LogP) is 1.72. The molecule has 0 unspecified atom stereocenters. The standard InChI is InChI=1S/C14H15N5/c1-16-8-10-2-4-11(5-3-10)19-7-6-12-13(15)17-9-18-14(12)19/h2-7,9,16H,8H2,1H3,(H2,15,17,18). The van der Waals surface area contributed by atoms with Crippen LogP contribution < -0.4 is 11.1 Å². The number of rotatable bonds is 3. The van der Waals surface area contributed by atoms with E-state index in [1.807, 2.05) is 23.9 Å². The molecule has 3 N–H and O–H groups in total. The van der Waals surface area contributed by atoms with Crippen LogP contribution in [0, 0.1) is 0 Å². The van der Waals surface area contributed by atoms with E-state index >= 15 is 0 Å². The van der Waals surface area contributed by atoms with E-state index in [9.17, 15) is 0 Å². The van der Waals surface area contributed by atoms with E-state index < -0.39 is 0 Å². The molecule has 0 aliphatic heterocycles. The highest BCUT2D eigenvalue weighted by Gasteiger charge is 2.07. The van der Waals surface area contributed by atoms with E-state index in [-0.39, 0.29) is 0 Å². The molecule has 3 rings (SSSR count). The molecule has 5 nitrogen and oxygen atoms in total. The number of benzene rings is 1. The quantitative estimate of drug-likeness (QED) is 0.745. The molecule has 0 atom stereocenters. The third-order valence-corrected chi connectivity index (χ3v) is 3.11. The predicted molar refractivity (Wildman–Crippen MR) is 76.0 cm³/mol. The molecule has 19 heavy (non-hydrogen) atoms. The maximum atomic E-state index is 5.84. The van der Waals surface area contributed by atoms with Crippen LogP contribution in [-0.4, -0.2) is 21.6 Å². The Morgan fingerprint density at radius 1 is 1.16 bits per heavy atom. The summed E-state index contributed by atoms with van der Waals surface area (Å²) in [6.07, 6.45) is 3.45. The van der Waals surface area contributed by atoms with Crippen LogP contribution >= 0.6 is 0 Å². The summed E-state index contributed by atoms with van der Waals surface area (Å²) in [5, 5.41) is 4.01. The van der Waals surface area contributed by atoms with E-state index in [1.165, 1.54) is 11.9 Å². The molecule has 2 aromatic heterocycles. The number of hydrogen-bond donors (Lipinski definition) is 2. The van der Waals surface area contributed by atoms with Crippen LogP contribution in [0.3, 0.4) is 0 Å². The van der Waals surface area contributed by atoms with Gasteiger partial charge in [0.15, 0.2) is 0 Å². The van der Waals surface area contributed by atoms with Crippen molar-refractivity contribution in [3.8, 4) is 5.69 Å². The number of nitrogens with zero attached hydrogens (tertiary/aromatic N) is 3. The third kappa shape index (κ3) is 2.04. The van der Waals surface area contributed by atoms with Gasteiger partial charge in [0.2, 0.25) is 0 Å². The molecule has 0 spiro atoms. The van der Waals surface area contributed by atoms with E-state index in [0.717, 1.165) is 23.3 Å². The van der Waals surface area contributed by atoms with Gasteiger partial charge in [-0.2, -0.15) is 0 Å². The zero-order valence-electron chi connectivity index (χ0n) is 10.7. The lowest BCUT2D eigenvalue weighted by molar-refractivity contribution is 0.817. The second-order valence-electron chi connectivity index (χ2n) is 4.38. The highest BCUT2D eigenvalue weighted by Crippen LogP contribution is 2.21. The number of anilines is 1. The Morgan fingerprint density at radius 2 is 1.95 bits per heavy atom. The van der Waals surface area contributed by atoms with Crippen LogP contribution in [0.15, 0.2) is 42.9 Å². The number of hydrogen-bond acceptors (Lipinski definition) is 4. The Bertz CT molecular complexity index is 699. The lowest BCUT2D eigenvalue weighted by Gasteiger charge is -2.06. The molecule has 3 aromatic rings. The highest BCUT2D eigenvalue weighted by atomic mass is 15.1. The summed E-state index contributed by atoms with van der Waals surface area (Å²) < 4.78 is 2.01. The second kappa shape index (κ2) is 4.70. The first kappa shape index (κ1) is 11.7. The molecule has 0 saturated carbocycles. The highest BCUT2D eigenvalue weighted by molar-refractivity contribution is 5.87. The smallest absolute Gasteiger partial charge is 0.150 e. The maximum Gasteiger partial charge on any atom is 0.150 e. The lowest BCUT2D eigenvalue weighted by atomic mass is 10.2. The number of nitrogens with two attached hydrogens (primary N) is 1. The fraction of sp³-hybridized carbons (Fsp3) is 0.143. The SMILES string of the molecule is CNCc1ccc(-n2ccc3c(N)ncnc32)cc1. The van der Waals surface area contributed by atoms with Crippen LogP contribution in [0.2, 0.25) is 0 Å². The van der Waals surface area contributed by atoms with Crippen molar-refractivity contribution in [2.24, 2.45) is 0 Å². The van der Waals surface area contributed by atoms with Crippen LogP contribution in [-0.2, 0) is 6.54 Å². The van der Waals surface area contributed by atoms with Gasteiger partial charge in [-0.1, -0.05) is 12.1 Å². The van der Waals surface area contributed by atoms with Crippen molar-refractivity contribution >= 4 is 16.9 Å². The molecular weight excluding hydrogens is 238 g/mol. The molecule has 0 amide bonds. The largest absolute Gasteiger partial charge is 0.383 e. The average molecular weight is 253 g/mol. The first-order valence-corrected chi connectivity index (χ1v) is 6.11. The summed E-state index contributed by atoms with van der Waals surface area (Å²) in [4.78, 5) is 8.29. The van der Waals surface area contributed by atoms with E-state index in [0.29, 0.717) is 5.82 Å². The van der Waals surface area contributed by atoms with Gasteiger partial charge in [-0.25, -0.2) is 9.97 Å². The second-order valence-corrected chi connectivity index (χ2v) is 4.38. The third-order valence-electron chi connectivity index (χ3n) is 3.11. The minimum absolute atomic E-state index is 0.510. The van der Waals surface area contributed by atoms with Crippen molar-refractivity contribution in [3.63, 3.8) is 0 Å². The molecule has 0 radical (unpaired) electrons. The maximum absolute atomic E-state index is 5.84. The molecule has 5 heteroatoms. The summed E-state index contributed by atoms with van der Waals surface area (Å²) in [5.41, 5.74) is 8.98. The van der Waals surface area contributed by atoms with Crippen molar-refractivity contribution in [2.75, 3.05) is 12.8 Å². The minimum atomic E-state index is 0.510. The summed E-state index contributed by atoms with van der Waals surface area (Å²) in [6, 6.07) is 10.3. The van der Waals surface area contributed by atoms with Gasteiger partial charge in [0, 0.05) is 18.4 Å². The number of nitrogen functional groups attached to an aromatic ring is 1. The van der Waals surface area contributed by atoms with Crippen molar-refractivity contribution in [2.45, 2.75) is 6.54 Å². The number of nitrogens with one attached hydrogen (secondary N) is 1. The van der Waals surface area contributed by atoms with Crippen LogP contribution in [0.5, 0.6) is 0 Å². The van der Waals surface area contributed by atoms with Gasteiger partial charge in [0.25, 0.3) is 0 Å². The zero-order chi connectivity index (χ0) is 13.2. The summed E-state index contributed by atoms with van der Waals surface area (Å²) in [5.74, 6) is 0.510. The Hall–Kier alpha value is -2.40. The zero-order valence-corrected chi connectivity index (χ0v) is 10.7. The van der Waals surface area contributed by atoms with Crippen molar-refractivity contribution < 1.29 is 0 Å². The fourth-order valence-electron chi connectivity index (χ4n) is 2.16. The van der Waals surface area contributed by atoms with Gasteiger partial charge in [0.05, 0.1) is 5.39 Å². The molecule has 0 fully saturated rings. The molecule has 1 aromatic carbocycles. The lowest BCUT2D eigenvalue weighted by Crippen LogP contribution is -2.05. The van der Waals surface area contributed by atoms with Crippen molar-refractivity contribution in [3.05, 3.63) is 48.4 Å². The monoisotopic (exact) mass is 253 g/mol. The summed E-state index contributed by atoms with van der Waals surface area (Å²) in [6.45, 7) is 0.863. The van der Waals surface area contributed by atoms with Crippen LogP contribution in [0.4, 0.5) is 5.82 Å². The van der Waals surface area contributed by atoms with Crippen LogP contribution in [0.25, 0.3) is 16.7 Å². The van der Waals surface area contributed by atoms with Gasteiger partial charge < -0.3 is 15.6 Å². The molecule has 0 saturated heterocycles. The summed E-state index contributed by atoms with van der Waals surface area (Å²) in [7, 11) is 1.94. The Morgan fingerprint density at radius 3 is 2.68 bits per heavy atom. The van der Waals surface area contributed by atoms with Gasteiger partial charge in [-0.3, -0.25) is 0 Å². The Balaban J connectivity index is 2.06. The van der Waals surface area contributed by atoms with Crippen molar-refractivity contribution in [1.82, 2.24) is 19.9 Å². The molecule has 2 heterocycles. The van der Waals surface area contributed by atoms with Gasteiger partial charge in [-0.15, -0.1) is 0 Å². The molecule has 0 bridgehead atoms.